The molecule has 5 rings (SSSR count). The van der Waals surface area contributed by atoms with Crippen molar-refractivity contribution >= 4 is 34.3 Å². The summed E-state index contributed by atoms with van der Waals surface area (Å²) in [5, 5.41) is 0.739. The van der Waals surface area contributed by atoms with E-state index in [1.54, 1.807) is 67.0 Å². The van der Waals surface area contributed by atoms with Gasteiger partial charge in [-0.15, -0.1) is 0 Å². The molecule has 4 heterocycles. The van der Waals surface area contributed by atoms with Crippen LogP contribution in [0.3, 0.4) is 0 Å². The number of aromatic nitrogens is 2. The smallest absolute Gasteiger partial charge is 0.296 e. The maximum absolute atomic E-state index is 13.3. The molecule has 28 heavy (non-hydrogen) atoms. The van der Waals surface area contributed by atoms with Gasteiger partial charge in [0.15, 0.2) is 5.43 Å². The van der Waals surface area contributed by atoms with E-state index in [1.807, 2.05) is 0 Å². The molecule has 0 saturated carbocycles. The molecule has 0 saturated heterocycles. The molecule has 6 nitrogen and oxygen atoms in total. The van der Waals surface area contributed by atoms with E-state index >= 15 is 0 Å². The van der Waals surface area contributed by atoms with Crippen LogP contribution in [0.25, 0.3) is 11.0 Å². The van der Waals surface area contributed by atoms with Crippen LogP contribution >= 0.6 is 11.6 Å². The number of rotatable bonds is 2. The highest BCUT2D eigenvalue weighted by atomic mass is 35.5. The summed E-state index contributed by atoms with van der Waals surface area (Å²) in [4.78, 5) is 36.7. The van der Waals surface area contributed by atoms with E-state index < -0.39 is 11.9 Å². The fourth-order valence-electron chi connectivity index (χ4n) is 3.50. The van der Waals surface area contributed by atoms with E-state index in [4.69, 9.17) is 16.0 Å². The maximum atomic E-state index is 13.3. The van der Waals surface area contributed by atoms with Gasteiger partial charge in [0.05, 0.1) is 16.6 Å². The van der Waals surface area contributed by atoms with Crippen LogP contribution in [0.1, 0.15) is 27.9 Å². The fourth-order valence-corrected chi connectivity index (χ4v) is 3.67. The zero-order valence-electron chi connectivity index (χ0n) is 14.4. The molecule has 0 spiro atoms. The monoisotopic (exact) mass is 389 g/mol. The van der Waals surface area contributed by atoms with Crippen molar-refractivity contribution in [3.63, 3.8) is 0 Å². The Morgan fingerprint density at radius 1 is 0.964 bits per heavy atom. The first kappa shape index (κ1) is 16.6. The molecule has 1 aliphatic rings. The quantitative estimate of drug-likeness (QED) is 0.518. The van der Waals surface area contributed by atoms with Gasteiger partial charge in [0.25, 0.3) is 5.91 Å². The Kier molecular flexibility index (Phi) is 3.74. The van der Waals surface area contributed by atoms with Crippen molar-refractivity contribution in [1.29, 1.82) is 0 Å². The van der Waals surface area contributed by atoms with Crippen LogP contribution in [0, 0.1) is 0 Å². The standard InChI is InChI=1S/C21H12ClN3O3/c22-12-7-8-15-13(11-12)19(26)17-18(14-5-1-3-9-23-14)25(21(27)20(17)28-15)16-6-2-4-10-24-16/h1-11,18H. The normalized spacial score (nSPS) is 15.8. The molecule has 1 aromatic carbocycles. The third-order valence-corrected chi connectivity index (χ3v) is 4.93. The maximum Gasteiger partial charge on any atom is 0.296 e. The minimum Gasteiger partial charge on any atom is -0.450 e. The molecule has 0 bridgehead atoms. The molecule has 7 heteroatoms. The Bertz CT molecular complexity index is 1270. The Labute approximate surface area is 164 Å². The number of carbonyl (C=O) groups excluding carboxylic acids is 1. The first-order chi connectivity index (χ1) is 13.6. The second-order valence-electron chi connectivity index (χ2n) is 6.33. The van der Waals surface area contributed by atoms with E-state index in [9.17, 15) is 9.59 Å². The van der Waals surface area contributed by atoms with Gasteiger partial charge in [0, 0.05) is 17.4 Å². The van der Waals surface area contributed by atoms with E-state index in [0.717, 1.165) is 0 Å². The molecule has 1 unspecified atom stereocenters. The van der Waals surface area contributed by atoms with Crippen LogP contribution in [0.2, 0.25) is 5.02 Å². The van der Waals surface area contributed by atoms with Gasteiger partial charge in [-0.2, -0.15) is 0 Å². The molecule has 4 aromatic rings. The van der Waals surface area contributed by atoms with Crippen LogP contribution in [-0.4, -0.2) is 15.9 Å². The predicted octanol–water partition coefficient (Wildman–Crippen LogP) is 3.99. The number of carbonyl (C=O) groups is 1. The number of nitrogens with zero attached hydrogens (tertiary/aromatic N) is 3. The molecule has 1 atom stereocenters. The lowest BCUT2D eigenvalue weighted by atomic mass is 10.0. The molecular weight excluding hydrogens is 378 g/mol. The van der Waals surface area contributed by atoms with Crippen molar-refractivity contribution in [3.8, 4) is 0 Å². The highest BCUT2D eigenvalue weighted by Crippen LogP contribution is 2.39. The Morgan fingerprint density at radius 3 is 2.46 bits per heavy atom. The van der Waals surface area contributed by atoms with E-state index in [0.29, 0.717) is 27.5 Å². The van der Waals surface area contributed by atoms with Crippen molar-refractivity contribution in [2.45, 2.75) is 6.04 Å². The van der Waals surface area contributed by atoms with Gasteiger partial charge in [-0.25, -0.2) is 4.98 Å². The summed E-state index contributed by atoms with van der Waals surface area (Å²) in [5.74, 6) is -0.0181. The summed E-state index contributed by atoms with van der Waals surface area (Å²) in [6.45, 7) is 0. The SMILES string of the molecule is O=C1c2oc3ccc(Cl)cc3c(=O)c2C(c2ccccn2)N1c1ccccn1. The average Bonchev–Trinajstić information content (AvgIpc) is 3.03. The number of fused-ring (bicyclic) bond motifs is 2. The summed E-state index contributed by atoms with van der Waals surface area (Å²) in [6, 6.07) is 14.6. The number of benzene rings is 1. The summed E-state index contributed by atoms with van der Waals surface area (Å²) < 4.78 is 5.85. The first-order valence-corrected chi connectivity index (χ1v) is 8.95. The van der Waals surface area contributed by atoms with Gasteiger partial charge >= 0.3 is 0 Å². The lowest BCUT2D eigenvalue weighted by Gasteiger charge is -2.23. The second kappa shape index (κ2) is 6.28. The topological polar surface area (TPSA) is 76.3 Å². The third-order valence-electron chi connectivity index (χ3n) is 4.70. The van der Waals surface area contributed by atoms with Crippen molar-refractivity contribution in [2.24, 2.45) is 0 Å². The minimum atomic E-state index is -0.738. The van der Waals surface area contributed by atoms with Gasteiger partial charge in [0.2, 0.25) is 5.76 Å². The largest absolute Gasteiger partial charge is 0.450 e. The lowest BCUT2D eigenvalue weighted by Crippen LogP contribution is -2.30. The van der Waals surface area contributed by atoms with E-state index in [2.05, 4.69) is 9.97 Å². The predicted molar refractivity (Wildman–Crippen MR) is 105 cm³/mol. The van der Waals surface area contributed by atoms with Crippen LogP contribution in [0.15, 0.2) is 76.2 Å². The average molecular weight is 390 g/mol. The summed E-state index contributed by atoms with van der Waals surface area (Å²) in [6.07, 6.45) is 3.21. The second-order valence-corrected chi connectivity index (χ2v) is 6.77. The minimum absolute atomic E-state index is 0.00104. The highest BCUT2D eigenvalue weighted by Gasteiger charge is 2.44. The van der Waals surface area contributed by atoms with E-state index in [1.165, 1.54) is 4.90 Å². The molecule has 136 valence electrons. The summed E-state index contributed by atoms with van der Waals surface area (Å²) >= 11 is 6.07. The van der Waals surface area contributed by atoms with Crippen LogP contribution in [0.5, 0.6) is 0 Å². The molecular formula is C21H12ClN3O3. The molecule has 1 amide bonds. The first-order valence-electron chi connectivity index (χ1n) is 8.57. The Morgan fingerprint density at radius 2 is 1.75 bits per heavy atom. The fraction of sp³-hybridized carbons (Fsp3) is 0.0476. The van der Waals surface area contributed by atoms with Gasteiger partial charge < -0.3 is 4.42 Å². The summed E-state index contributed by atoms with van der Waals surface area (Å²) in [5.41, 5.74) is 0.795. The highest BCUT2D eigenvalue weighted by molar-refractivity contribution is 6.31. The van der Waals surface area contributed by atoms with Crippen molar-refractivity contribution in [2.75, 3.05) is 4.90 Å². The number of hydrogen-bond acceptors (Lipinski definition) is 5. The molecule has 3 aromatic heterocycles. The molecule has 1 aliphatic heterocycles. The molecule has 0 fully saturated rings. The summed E-state index contributed by atoms with van der Waals surface area (Å²) in [7, 11) is 0. The van der Waals surface area contributed by atoms with Crippen molar-refractivity contribution < 1.29 is 9.21 Å². The van der Waals surface area contributed by atoms with Crippen molar-refractivity contribution in [3.05, 3.63) is 99.3 Å². The van der Waals surface area contributed by atoms with Crippen LogP contribution in [-0.2, 0) is 0 Å². The van der Waals surface area contributed by atoms with Crippen molar-refractivity contribution in [1.82, 2.24) is 9.97 Å². The van der Waals surface area contributed by atoms with Gasteiger partial charge in [-0.1, -0.05) is 23.7 Å². The number of hydrogen-bond donors (Lipinski definition) is 0. The van der Waals surface area contributed by atoms with Crippen LogP contribution < -0.4 is 10.3 Å². The van der Waals surface area contributed by atoms with Gasteiger partial charge in [0.1, 0.15) is 17.4 Å². The zero-order chi connectivity index (χ0) is 19.3. The lowest BCUT2D eigenvalue weighted by molar-refractivity contribution is 0.0970. The number of pyridine rings is 2. The number of anilines is 1. The Hall–Kier alpha value is -3.51. The Balaban J connectivity index is 1.84. The number of halogens is 1. The van der Waals surface area contributed by atoms with Gasteiger partial charge in [-0.3, -0.25) is 19.5 Å². The third kappa shape index (κ3) is 2.42. The van der Waals surface area contributed by atoms with E-state index in [-0.39, 0.29) is 16.8 Å². The van der Waals surface area contributed by atoms with Crippen LogP contribution in [0.4, 0.5) is 5.82 Å². The molecule has 0 N–H and O–H groups in total. The zero-order valence-corrected chi connectivity index (χ0v) is 15.1. The molecule has 0 radical (unpaired) electrons. The van der Waals surface area contributed by atoms with Gasteiger partial charge in [-0.05, 0) is 42.5 Å². The molecule has 0 aliphatic carbocycles. The number of amides is 1.